The fourth-order valence-corrected chi connectivity index (χ4v) is 2.11. The normalized spacial score (nSPS) is 19.9. The first kappa shape index (κ1) is 11.0. The van der Waals surface area contributed by atoms with Crippen molar-refractivity contribution in [2.75, 3.05) is 25.1 Å². The van der Waals surface area contributed by atoms with Gasteiger partial charge < -0.3 is 9.64 Å². The van der Waals surface area contributed by atoms with Crippen LogP contribution in [0, 0.1) is 12.8 Å². The molecule has 1 aromatic carbocycles. The van der Waals surface area contributed by atoms with Crippen LogP contribution >= 0.6 is 0 Å². The highest BCUT2D eigenvalue weighted by Gasteiger charge is 2.28. The van der Waals surface area contributed by atoms with E-state index in [1.54, 1.807) is 0 Å². The van der Waals surface area contributed by atoms with E-state index in [9.17, 15) is 4.79 Å². The summed E-state index contributed by atoms with van der Waals surface area (Å²) in [6.45, 7) is 3.78. The molecule has 16 heavy (non-hydrogen) atoms. The summed E-state index contributed by atoms with van der Waals surface area (Å²) in [5, 5.41) is 0. The number of methoxy groups -OCH3 is 1. The van der Waals surface area contributed by atoms with E-state index < -0.39 is 0 Å². The minimum atomic E-state index is -0.0883. The minimum Gasteiger partial charge on any atom is -0.469 e. The summed E-state index contributed by atoms with van der Waals surface area (Å²) >= 11 is 0. The number of carbonyl (C=O) groups is 1. The Kier molecular flexibility index (Phi) is 3.13. The van der Waals surface area contributed by atoms with Gasteiger partial charge in [-0.15, -0.1) is 0 Å². The lowest BCUT2D eigenvalue weighted by molar-refractivity contribution is -0.144. The molecule has 1 aromatic rings. The number of benzene rings is 1. The van der Waals surface area contributed by atoms with Crippen LogP contribution in [0.25, 0.3) is 0 Å². The van der Waals surface area contributed by atoms with Crippen LogP contribution in [-0.4, -0.2) is 26.2 Å². The Morgan fingerprint density at radius 2 is 2.06 bits per heavy atom. The van der Waals surface area contributed by atoms with Gasteiger partial charge in [0.15, 0.2) is 0 Å². The molecule has 0 amide bonds. The van der Waals surface area contributed by atoms with Gasteiger partial charge in [-0.25, -0.2) is 0 Å². The lowest BCUT2D eigenvalue weighted by Gasteiger charge is -2.18. The van der Waals surface area contributed by atoms with Gasteiger partial charge in [0.2, 0.25) is 0 Å². The summed E-state index contributed by atoms with van der Waals surface area (Å²) in [5.74, 6) is -0.0547. The van der Waals surface area contributed by atoms with E-state index in [2.05, 4.69) is 36.1 Å². The number of carbonyl (C=O) groups excluding carboxylic acids is 1. The Hall–Kier alpha value is -1.51. The molecule has 1 fully saturated rings. The third kappa shape index (κ3) is 2.18. The Bertz CT molecular complexity index is 372. The van der Waals surface area contributed by atoms with Crippen molar-refractivity contribution in [3.05, 3.63) is 29.8 Å². The van der Waals surface area contributed by atoms with Crippen LogP contribution in [0.15, 0.2) is 24.3 Å². The predicted molar refractivity (Wildman–Crippen MR) is 63.5 cm³/mol. The lowest BCUT2D eigenvalue weighted by atomic mass is 10.1. The summed E-state index contributed by atoms with van der Waals surface area (Å²) in [6, 6.07) is 8.41. The maximum absolute atomic E-state index is 11.4. The van der Waals surface area contributed by atoms with Gasteiger partial charge in [-0.1, -0.05) is 17.7 Å². The SMILES string of the molecule is COC(=O)[C@@H]1CCN(c2ccc(C)cc2)C1. The molecule has 0 radical (unpaired) electrons. The predicted octanol–water partition coefficient (Wildman–Crippen LogP) is 1.99. The molecular weight excluding hydrogens is 202 g/mol. The third-order valence-corrected chi connectivity index (χ3v) is 3.12. The van der Waals surface area contributed by atoms with Gasteiger partial charge in [0, 0.05) is 18.8 Å². The van der Waals surface area contributed by atoms with Gasteiger partial charge in [0.1, 0.15) is 0 Å². The molecule has 2 rings (SSSR count). The smallest absolute Gasteiger partial charge is 0.310 e. The van der Waals surface area contributed by atoms with Gasteiger partial charge >= 0.3 is 5.97 Å². The average Bonchev–Trinajstić information content (AvgIpc) is 2.78. The topological polar surface area (TPSA) is 29.5 Å². The number of rotatable bonds is 2. The van der Waals surface area contributed by atoms with Gasteiger partial charge in [0.25, 0.3) is 0 Å². The molecule has 1 aliphatic heterocycles. The van der Waals surface area contributed by atoms with E-state index in [0.717, 1.165) is 19.5 Å². The van der Waals surface area contributed by atoms with E-state index in [-0.39, 0.29) is 11.9 Å². The standard InChI is InChI=1S/C13H17NO2/c1-10-3-5-12(6-4-10)14-8-7-11(9-14)13(15)16-2/h3-6,11H,7-9H2,1-2H3/t11-/m1/s1. The number of nitrogens with zero attached hydrogens (tertiary/aromatic N) is 1. The third-order valence-electron chi connectivity index (χ3n) is 3.12. The van der Waals surface area contributed by atoms with E-state index in [1.807, 2.05) is 0 Å². The van der Waals surface area contributed by atoms with Crippen molar-refractivity contribution in [1.82, 2.24) is 0 Å². The van der Waals surface area contributed by atoms with Crippen molar-refractivity contribution in [3.8, 4) is 0 Å². The molecule has 3 heteroatoms. The highest BCUT2D eigenvalue weighted by atomic mass is 16.5. The summed E-state index contributed by atoms with van der Waals surface area (Å²) in [4.78, 5) is 13.6. The number of esters is 1. The first-order chi connectivity index (χ1) is 7.70. The van der Waals surface area contributed by atoms with Crippen LogP contribution in [0.4, 0.5) is 5.69 Å². The van der Waals surface area contributed by atoms with E-state index in [1.165, 1.54) is 18.4 Å². The quantitative estimate of drug-likeness (QED) is 0.712. The second-order valence-corrected chi connectivity index (χ2v) is 4.29. The molecule has 0 aromatic heterocycles. The molecule has 0 spiro atoms. The molecule has 0 N–H and O–H groups in total. The van der Waals surface area contributed by atoms with Gasteiger partial charge in [-0.2, -0.15) is 0 Å². The van der Waals surface area contributed by atoms with Crippen LogP contribution in [0.2, 0.25) is 0 Å². The van der Waals surface area contributed by atoms with Crippen LogP contribution < -0.4 is 4.90 Å². The summed E-state index contributed by atoms with van der Waals surface area (Å²) in [5.41, 5.74) is 2.45. The fourth-order valence-electron chi connectivity index (χ4n) is 2.11. The van der Waals surface area contributed by atoms with Crippen molar-refractivity contribution >= 4 is 11.7 Å². The number of aryl methyl sites for hydroxylation is 1. The lowest BCUT2D eigenvalue weighted by Crippen LogP contribution is -2.23. The zero-order valence-corrected chi connectivity index (χ0v) is 9.77. The molecule has 86 valence electrons. The Labute approximate surface area is 96.0 Å². The first-order valence-electron chi connectivity index (χ1n) is 5.60. The molecular formula is C13H17NO2. The van der Waals surface area contributed by atoms with Gasteiger partial charge in [0.05, 0.1) is 13.0 Å². The molecule has 1 aliphatic rings. The molecule has 0 unspecified atom stereocenters. The number of hydrogen-bond donors (Lipinski definition) is 0. The summed E-state index contributed by atoms with van der Waals surface area (Å²) in [7, 11) is 1.46. The van der Waals surface area contributed by atoms with Crippen LogP contribution in [0.3, 0.4) is 0 Å². The summed E-state index contributed by atoms with van der Waals surface area (Å²) < 4.78 is 4.77. The van der Waals surface area contributed by atoms with Crippen molar-refractivity contribution in [1.29, 1.82) is 0 Å². The molecule has 1 heterocycles. The van der Waals surface area contributed by atoms with Gasteiger partial charge in [-0.3, -0.25) is 4.79 Å². The monoisotopic (exact) mass is 219 g/mol. The molecule has 0 bridgehead atoms. The number of anilines is 1. The number of hydrogen-bond acceptors (Lipinski definition) is 3. The minimum absolute atomic E-state index is 0.0336. The second kappa shape index (κ2) is 4.56. The summed E-state index contributed by atoms with van der Waals surface area (Å²) in [6.07, 6.45) is 0.889. The van der Waals surface area contributed by atoms with E-state index >= 15 is 0 Å². The highest BCUT2D eigenvalue weighted by Crippen LogP contribution is 2.24. The largest absolute Gasteiger partial charge is 0.469 e. The molecule has 0 aliphatic carbocycles. The Morgan fingerprint density at radius 3 is 2.69 bits per heavy atom. The molecule has 1 atom stereocenters. The number of ether oxygens (including phenoxy) is 1. The highest BCUT2D eigenvalue weighted by molar-refractivity contribution is 5.74. The zero-order valence-electron chi connectivity index (χ0n) is 9.77. The second-order valence-electron chi connectivity index (χ2n) is 4.29. The molecule has 1 saturated heterocycles. The van der Waals surface area contributed by atoms with E-state index in [0.29, 0.717) is 0 Å². The maximum Gasteiger partial charge on any atom is 0.310 e. The Morgan fingerprint density at radius 1 is 1.38 bits per heavy atom. The first-order valence-corrected chi connectivity index (χ1v) is 5.60. The van der Waals surface area contributed by atoms with Crippen molar-refractivity contribution in [2.24, 2.45) is 5.92 Å². The van der Waals surface area contributed by atoms with Crippen molar-refractivity contribution < 1.29 is 9.53 Å². The molecule has 3 nitrogen and oxygen atoms in total. The maximum atomic E-state index is 11.4. The van der Waals surface area contributed by atoms with Crippen LogP contribution in [-0.2, 0) is 9.53 Å². The van der Waals surface area contributed by atoms with Crippen molar-refractivity contribution in [3.63, 3.8) is 0 Å². The van der Waals surface area contributed by atoms with E-state index in [4.69, 9.17) is 4.74 Å². The zero-order chi connectivity index (χ0) is 11.5. The van der Waals surface area contributed by atoms with Crippen LogP contribution in [0.5, 0.6) is 0 Å². The van der Waals surface area contributed by atoms with Crippen molar-refractivity contribution in [2.45, 2.75) is 13.3 Å². The van der Waals surface area contributed by atoms with Crippen LogP contribution in [0.1, 0.15) is 12.0 Å². The van der Waals surface area contributed by atoms with Gasteiger partial charge in [-0.05, 0) is 25.5 Å². The average molecular weight is 219 g/mol. The molecule has 0 saturated carbocycles. The Balaban J connectivity index is 2.03. The fraction of sp³-hybridized carbons (Fsp3) is 0.462.